The molecule has 5 nitrogen and oxygen atoms in total. The molecule has 1 heterocycles. The Morgan fingerprint density at radius 2 is 2.75 bits per heavy atom. The first-order chi connectivity index (χ1) is 3.80. The van der Waals surface area contributed by atoms with Crippen LogP contribution in [0.15, 0.2) is 4.99 Å². The van der Waals surface area contributed by atoms with E-state index < -0.39 is 11.1 Å². The van der Waals surface area contributed by atoms with E-state index in [1.54, 1.807) is 0 Å². The molecule has 0 saturated heterocycles. The van der Waals surface area contributed by atoms with E-state index >= 15 is 0 Å². The Morgan fingerprint density at radius 1 is 2.00 bits per heavy atom. The molecular formula is C3H4N2O3. The van der Waals surface area contributed by atoms with Crippen LogP contribution in [0.1, 0.15) is 0 Å². The van der Waals surface area contributed by atoms with Gasteiger partial charge < -0.3 is 4.74 Å². The van der Waals surface area contributed by atoms with Crippen LogP contribution < -0.4 is 0 Å². The van der Waals surface area contributed by atoms with Crippen molar-refractivity contribution in [2.45, 2.75) is 6.17 Å². The van der Waals surface area contributed by atoms with Gasteiger partial charge in [0.15, 0.2) is 13.0 Å². The summed E-state index contributed by atoms with van der Waals surface area (Å²) < 4.78 is 4.49. The number of rotatable bonds is 1. The molecule has 1 rings (SSSR count). The maximum atomic E-state index is 9.81. The monoisotopic (exact) mass is 116 g/mol. The Balaban J connectivity index is 2.48. The van der Waals surface area contributed by atoms with E-state index in [1.807, 2.05) is 0 Å². The number of nitrogens with zero attached hydrogens (tertiary/aromatic N) is 2. The van der Waals surface area contributed by atoms with Crippen LogP contribution in [0.2, 0.25) is 0 Å². The Morgan fingerprint density at radius 3 is 3.00 bits per heavy atom. The summed E-state index contributed by atoms with van der Waals surface area (Å²) in [6.07, 6.45) is 0.239. The minimum absolute atomic E-state index is 0.0764. The lowest BCUT2D eigenvalue weighted by Crippen LogP contribution is -2.17. The number of hydrogen-bond donors (Lipinski definition) is 0. The number of hydrogen-bond acceptors (Lipinski definition) is 4. The van der Waals surface area contributed by atoms with Gasteiger partial charge in [-0.1, -0.05) is 0 Å². The topological polar surface area (TPSA) is 64.7 Å². The molecule has 1 aliphatic rings. The smallest absolute Gasteiger partial charge is 0.340 e. The Hall–Kier alpha value is -1.13. The van der Waals surface area contributed by atoms with Gasteiger partial charge in [0.25, 0.3) is 0 Å². The molecule has 0 aliphatic carbocycles. The highest BCUT2D eigenvalue weighted by molar-refractivity contribution is 5.48. The molecule has 0 bridgehead atoms. The van der Waals surface area contributed by atoms with Crippen LogP contribution in [0, 0.1) is 10.1 Å². The fourth-order valence-corrected chi connectivity index (χ4v) is 0.401. The van der Waals surface area contributed by atoms with E-state index in [1.165, 1.54) is 0 Å². The molecule has 8 heavy (non-hydrogen) atoms. The van der Waals surface area contributed by atoms with E-state index in [9.17, 15) is 10.1 Å². The van der Waals surface area contributed by atoms with Gasteiger partial charge in [0.05, 0.1) is 4.92 Å². The SMILES string of the molecule is O=[N+]([O-])C1COC=N1. The van der Waals surface area contributed by atoms with Gasteiger partial charge >= 0.3 is 6.17 Å². The van der Waals surface area contributed by atoms with Crippen LogP contribution in [0.3, 0.4) is 0 Å². The average molecular weight is 116 g/mol. The molecule has 0 amide bonds. The molecule has 0 radical (unpaired) electrons. The molecule has 1 atom stereocenters. The van der Waals surface area contributed by atoms with E-state index in [0.717, 1.165) is 6.40 Å². The molecule has 44 valence electrons. The van der Waals surface area contributed by atoms with E-state index in [2.05, 4.69) is 9.73 Å². The third-order valence-corrected chi connectivity index (χ3v) is 0.796. The van der Waals surface area contributed by atoms with Crippen molar-refractivity contribution in [3.05, 3.63) is 10.1 Å². The summed E-state index contributed by atoms with van der Waals surface area (Å²) >= 11 is 0. The van der Waals surface area contributed by atoms with Crippen molar-refractivity contribution < 1.29 is 9.66 Å². The first-order valence-corrected chi connectivity index (χ1v) is 2.07. The zero-order valence-electron chi connectivity index (χ0n) is 3.98. The highest BCUT2D eigenvalue weighted by Crippen LogP contribution is 1.97. The molecule has 1 aliphatic heterocycles. The minimum atomic E-state index is -0.866. The molecule has 0 fully saturated rings. The second kappa shape index (κ2) is 1.77. The van der Waals surface area contributed by atoms with Gasteiger partial charge in [0.1, 0.15) is 0 Å². The third-order valence-electron chi connectivity index (χ3n) is 0.796. The van der Waals surface area contributed by atoms with Crippen molar-refractivity contribution in [2.24, 2.45) is 4.99 Å². The summed E-state index contributed by atoms with van der Waals surface area (Å²) in [5, 5.41) is 9.81. The highest BCUT2D eigenvalue weighted by atomic mass is 16.6. The summed E-state index contributed by atoms with van der Waals surface area (Å²) in [5.41, 5.74) is 0. The molecule has 0 aromatic heterocycles. The largest absolute Gasteiger partial charge is 0.474 e. The standard InChI is InChI=1S/C3H4N2O3/c6-5(7)3-1-8-2-4-3/h2-3H,1H2. The van der Waals surface area contributed by atoms with Gasteiger partial charge in [0.2, 0.25) is 0 Å². The van der Waals surface area contributed by atoms with E-state index in [4.69, 9.17) is 0 Å². The summed E-state index contributed by atoms with van der Waals surface area (Å²) in [4.78, 5) is 12.7. The second-order valence-corrected chi connectivity index (χ2v) is 1.35. The van der Waals surface area contributed by atoms with Crippen LogP contribution in [-0.4, -0.2) is 24.1 Å². The molecule has 0 aromatic carbocycles. The maximum absolute atomic E-state index is 9.81. The zero-order valence-corrected chi connectivity index (χ0v) is 3.98. The van der Waals surface area contributed by atoms with Crippen molar-refractivity contribution >= 4 is 6.40 Å². The summed E-state index contributed by atoms with van der Waals surface area (Å²) in [6.45, 7) is 0.0764. The van der Waals surface area contributed by atoms with Gasteiger partial charge in [-0.2, -0.15) is 4.99 Å². The van der Waals surface area contributed by atoms with Crippen molar-refractivity contribution in [3.8, 4) is 0 Å². The fourth-order valence-electron chi connectivity index (χ4n) is 0.401. The Kier molecular flexibility index (Phi) is 1.11. The van der Waals surface area contributed by atoms with Crippen LogP contribution >= 0.6 is 0 Å². The molecule has 0 N–H and O–H groups in total. The highest BCUT2D eigenvalue weighted by Gasteiger charge is 2.21. The second-order valence-electron chi connectivity index (χ2n) is 1.35. The first kappa shape index (κ1) is 5.02. The van der Waals surface area contributed by atoms with Crippen LogP contribution in [-0.2, 0) is 4.74 Å². The van der Waals surface area contributed by atoms with Crippen LogP contribution in [0.5, 0.6) is 0 Å². The normalized spacial score (nSPS) is 25.2. The first-order valence-electron chi connectivity index (χ1n) is 2.07. The summed E-state index contributed by atoms with van der Waals surface area (Å²) in [6, 6.07) is 0. The summed E-state index contributed by atoms with van der Waals surface area (Å²) in [5.74, 6) is 0. The predicted molar refractivity (Wildman–Crippen MR) is 25.2 cm³/mol. The zero-order chi connectivity index (χ0) is 5.98. The fraction of sp³-hybridized carbons (Fsp3) is 0.667. The van der Waals surface area contributed by atoms with E-state index in [-0.39, 0.29) is 6.61 Å². The molecular weight excluding hydrogens is 112 g/mol. The quantitative estimate of drug-likeness (QED) is 0.347. The Labute approximate surface area is 45.1 Å². The average Bonchev–Trinajstić information content (AvgIpc) is 2.12. The van der Waals surface area contributed by atoms with E-state index in [0.29, 0.717) is 0 Å². The minimum Gasteiger partial charge on any atom is -0.474 e. The number of nitro groups is 1. The van der Waals surface area contributed by atoms with Gasteiger partial charge in [-0.15, -0.1) is 0 Å². The predicted octanol–water partition coefficient (Wildman–Crippen LogP) is -0.352. The third kappa shape index (κ3) is 0.749. The molecule has 1 unspecified atom stereocenters. The van der Waals surface area contributed by atoms with Crippen LogP contribution in [0.25, 0.3) is 0 Å². The Bertz CT molecular complexity index is 132. The van der Waals surface area contributed by atoms with Crippen molar-refractivity contribution in [2.75, 3.05) is 6.61 Å². The summed E-state index contributed by atoms with van der Waals surface area (Å²) in [7, 11) is 0. The molecule has 0 spiro atoms. The van der Waals surface area contributed by atoms with Gasteiger partial charge in [-0.25, -0.2) is 0 Å². The van der Waals surface area contributed by atoms with Crippen LogP contribution in [0.4, 0.5) is 0 Å². The number of aliphatic imine (C=N–C) groups is 1. The van der Waals surface area contributed by atoms with Gasteiger partial charge in [0, 0.05) is 0 Å². The van der Waals surface area contributed by atoms with Crippen molar-refractivity contribution in [1.82, 2.24) is 0 Å². The lowest BCUT2D eigenvalue weighted by Gasteiger charge is -1.91. The van der Waals surface area contributed by atoms with Gasteiger partial charge in [-0.3, -0.25) is 10.1 Å². The van der Waals surface area contributed by atoms with Crippen molar-refractivity contribution in [3.63, 3.8) is 0 Å². The number of ether oxygens (including phenoxy) is 1. The lowest BCUT2D eigenvalue weighted by atomic mass is 10.6. The van der Waals surface area contributed by atoms with Crippen molar-refractivity contribution in [1.29, 1.82) is 0 Å². The maximum Gasteiger partial charge on any atom is 0.340 e. The molecule has 5 heteroatoms. The van der Waals surface area contributed by atoms with Gasteiger partial charge in [-0.05, 0) is 0 Å². The lowest BCUT2D eigenvalue weighted by molar-refractivity contribution is -0.519. The molecule has 0 aromatic rings. The molecule has 0 saturated carbocycles.